The molecule has 0 atom stereocenters. The number of hydrogen-bond acceptors (Lipinski definition) is 3. The summed E-state index contributed by atoms with van der Waals surface area (Å²) >= 11 is 0. The van der Waals surface area contributed by atoms with Crippen molar-refractivity contribution in [1.29, 1.82) is 0 Å². The summed E-state index contributed by atoms with van der Waals surface area (Å²) in [6.45, 7) is 14.0. The van der Waals surface area contributed by atoms with Crippen LogP contribution in [0.15, 0.2) is 18.2 Å². The normalized spacial score (nSPS) is 25.3. The van der Waals surface area contributed by atoms with Crippen LogP contribution < -0.4 is 10.8 Å². The number of benzene rings is 1. The van der Waals surface area contributed by atoms with E-state index in [0.717, 1.165) is 13.0 Å². The van der Waals surface area contributed by atoms with E-state index in [1.54, 1.807) is 0 Å². The molecule has 21 heavy (non-hydrogen) atoms. The lowest BCUT2D eigenvalue weighted by molar-refractivity contribution is 0.00578. The molecule has 3 nitrogen and oxygen atoms in total. The number of fused-ring (bicyclic) bond motifs is 1. The standard InChI is InChI=1S/C17H26BNO2/c1-15(2)10-11-19-13-9-7-8-12(14(13)15)18-20-16(3,4)17(5,6)21-18/h7-9,19H,10-11H2,1-6H3. The Morgan fingerprint density at radius 1 is 1.00 bits per heavy atom. The average molecular weight is 287 g/mol. The van der Waals surface area contributed by atoms with Crippen LogP contribution in [0.3, 0.4) is 0 Å². The first-order valence-corrected chi connectivity index (χ1v) is 7.87. The Kier molecular flexibility index (Phi) is 3.20. The van der Waals surface area contributed by atoms with Crippen LogP contribution in [-0.2, 0) is 14.7 Å². The van der Waals surface area contributed by atoms with Gasteiger partial charge < -0.3 is 14.6 Å². The van der Waals surface area contributed by atoms with Crippen molar-refractivity contribution in [2.75, 3.05) is 11.9 Å². The molecule has 0 aliphatic carbocycles. The maximum atomic E-state index is 6.26. The van der Waals surface area contributed by atoms with E-state index in [9.17, 15) is 0 Å². The number of nitrogens with one attached hydrogen (secondary N) is 1. The first kappa shape index (κ1) is 14.9. The van der Waals surface area contributed by atoms with E-state index >= 15 is 0 Å². The van der Waals surface area contributed by atoms with Crippen LogP contribution in [0.4, 0.5) is 5.69 Å². The SMILES string of the molecule is CC1(C)CCNc2cccc(B3OC(C)(C)C(C)(C)O3)c21. The van der Waals surface area contributed by atoms with Crippen LogP contribution in [0.25, 0.3) is 0 Å². The second kappa shape index (κ2) is 4.50. The van der Waals surface area contributed by atoms with Crippen LogP contribution in [0.1, 0.15) is 53.5 Å². The molecule has 0 aromatic heterocycles. The average Bonchev–Trinajstić information content (AvgIpc) is 2.57. The fourth-order valence-corrected chi connectivity index (χ4v) is 3.27. The van der Waals surface area contributed by atoms with Gasteiger partial charge in [-0.2, -0.15) is 0 Å². The summed E-state index contributed by atoms with van der Waals surface area (Å²) in [5, 5.41) is 3.51. The molecule has 4 heteroatoms. The highest BCUT2D eigenvalue weighted by Crippen LogP contribution is 2.40. The van der Waals surface area contributed by atoms with Crippen molar-refractivity contribution in [3.05, 3.63) is 23.8 Å². The zero-order valence-electron chi connectivity index (χ0n) is 14.0. The molecule has 0 radical (unpaired) electrons. The van der Waals surface area contributed by atoms with Gasteiger partial charge in [-0.1, -0.05) is 26.0 Å². The van der Waals surface area contributed by atoms with Crippen molar-refractivity contribution in [1.82, 2.24) is 0 Å². The van der Waals surface area contributed by atoms with Gasteiger partial charge in [0.1, 0.15) is 0 Å². The van der Waals surface area contributed by atoms with E-state index in [1.165, 1.54) is 16.7 Å². The Hall–Kier alpha value is -0.995. The van der Waals surface area contributed by atoms with Crippen molar-refractivity contribution in [2.24, 2.45) is 0 Å². The highest BCUT2D eigenvalue weighted by molar-refractivity contribution is 6.63. The molecule has 2 heterocycles. The smallest absolute Gasteiger partial charge is 0.399 e. The Morgan fingerprint density at radius 2 is 1.62 bits per heavy atom. The highest BCUT2D eigenvalue weighted by Gasteiger charge is 2.53. The monoisotopic (exact) mass is 287 g/mol. The Balaban J connectivity index is 2.06. The van der Waals surface area contributed by atoms with Crippen molar-refractivity contribution in [2.45, 2.75) is 64.6 Å². The van der Waals surface area contributed by atoms with Crippen LogP contribution in [-0.4, -0.2) is 24.9 Å². The lowest BCUT2D eigenvalue weighted by atomic mass is 9.66. The Morgan fingerprint density at radius 3 is 2.24 bits per heavy atom. The molecule has 1 N–H and O–H groups in total. The van der Waals surface area contributed by atoms with Crippen molar-refractivity contribution < 1.29 is 9.31 Å². The van der Waals surface area contributed by atoms with Gasteiger partial charge in [-0.05, 0) is 56.6 Å². The topological polar surface area (TPSA) is 30.5 Å². The van der Waals surface area contributed by atoms with E-state index in [4.69, 9.17) is 9.31 Å². The summed E-state index contributed by atoms with van der Waals surface area (Å²) in [6, 6.07) is 6.40. The van der Waals surface area contributed by atoms with Gasteiger partial charge in [0.25, 0.3) is 0 Å². The third-order valence-corrected chi connectivity index (χ3v) is 5.35. The predicted molar refractivity (Wildman–Crippen MR) is 88.3 cm³/mol. The molecule has 0 saturated carbocycles. The molecule has 0 bridgehead atoms. The highest BCUT2D eigenvalue weighted by atomic mass is 16.7. The zero-order chi connectivity index (χ0) is 15.5. The van der Waals surface area contributed by atoms with E-state index in [-0.39, 0.29) is 23.7 Å². The van der Waals surface area contributed by atoms with Gasteiger partial charge >= 0.3 is 7.12 Å². The summed E-state index contributed by atoms with van der Waals surface area (Å²) in [5.41, 5.74) is 3.27. The molecule has 3 rings (SSSR count). The van der Waals surface area contributed by atoms with Gasteiger partial charge in [-0.25, -0.2) is 0 Å². The molecular weight excluding hydrogens is 261 g/mol. The second-order valence-electron chi connectivity index (χ2n) is 7.92. The molecule has 2 aliphatic heterocycles. The molecule has 1 aromatic carbocycles. The number of rotatable bonds is 1. The molecule has 0 unspecified atom stereocenters. The lowest BCUT2D eigenvalue weighted by Crippen LogP contribution is -2.43. The second-order valence-corrected chi connectivity index (χ2v) is 7.92. The van der Waals surface area contributed by atoms with Crippen LogP contribution >= 0.6 is 0 Å². The fourth-order valence-electron chi connectivity index (χ4n) is 3.27. The molecule has 1 aromatic rings. The summed E-state index contributed by atoms with van der Waals surface area (Å²) in [4.78, 5) is 0. The van der Waals surface area contributed by atoms with E-state index in [1.807, 2.05) is 0 Å². The summed E-state index contributed by atoms with van der Waals surface area (Å²) < 4.78 is 12.5. The van der Waals surface area contributed by atoms with Gasteiger partial charge in [0.05, 0.1) is 11.2 Å². The van der Waals surface area contributed by atoms with Gasteiger partial charge in [-0.15, -0.1) is 0 Å². The van der Waals surface area contributed by atoms with Crippen molar-refractivity contribution in [3.8, 4) is 0 Å². The van der Waals surface area contributed by atoms with E-state index in [2.05, 4.69) is 65.1 Å². The van der Waals surface area contributed by atoms with Gasteiger partial charge in [0.15, 0.2) is 0 Å². The molecule has 0 spiro atoms. The minimum atomic E-state index is -0.299. The number of hydrogen-bond donors (Lipinski definition) is 1. The van der Waals surface area contributed by atoms with Crippen LogP contribution in [0, 0.1) is 0 Å². The van der Waals surface area contributed by atoms with Crippen molar-refractivity contribution >= 4 is 18.3 Å². The summed E-state index contributed by atoms with van der Waals surface area (Å²) in [5.74, 6) is 0. The third-order valence-electron chi connectivity index (χ3n) is 5.35. The predicted octanol–water partition coefficient (Wildman–Crippen LogP) is 3.08. The molecule has 1 saturated heterocycles. The number of anilines is 1. The van der Waals surface area contributed by atoms with E-state index in [0.29, 0.717) is 0 Å². The molecule has 114 valence electrons. The largest absolute Gasteiger partial charge is 0.495 e. The maximum absolute atomic E-state index is 6.26. The minimum Gasteiger partial charge on any atom is -0.399 e. The van der Waals surface area contributed by atoms with Gasteiger partial charge in [0, 0.05) is 12.2 Å². The fraction of sp³-hybridized carbons (Fsp3) is 0.647. The summed E-state index contributed by atoms with van der Waals surface area (Å²) in [6.07, 6.45) is 1.12. The van der Waals surface area contributed by atoms with Gasteiger partial charge in [-0.3, -0.25) is 0 Å². The van der Waals surface area contributed by atoms with Crippen molar-refractivity contribution in [3.63, 3.8) is 0 Å². The van der Waals surface area contributed by atoms with Crippen LogP contribution in [0.2, 0.25) is 0 Å². The maximum Gasteiger partial charge on any atom is 0.495 e. The summed E-state index contributed by atoms with van der Waals surface area (Å²) in [7, 11) is -0.288. The minimum absolute atomic E-state index is 0.140. The Labute approximate surface area is 128 Å². The lowest BCUT2D eigenvalue weighted by Gasteiger charge is -2.35. The van der Waals surface area contributed by atoms with E-state index < -0.39 is 0 Å². The molecular formula is C17H26BNO2. The third kappa shape index (κ3) is 2.29. The molecule has 2 aliphatic rings. The Bertz CT molecular complexity index is 550. The zero-order valence-corrected chi connectivity index (χ0v) is 14.0. The van der Waals surface area contributed by atoms with Crippen LogP contribution in [0.5, 0.6) is 0 Å². The quantitative estimate of drug-likeness (QED) is 0.805. The van der Waals surface area contributed by atoms with Gasteiger partial charge in [0.2, 0.25) is 0 Å². The molecule has 0 amide bonds. The molecule has 1 fully saturated rings. The first-order chi connectivity index (χ1) is 9.64. The first-order valence-electron chi connectivity index (χ1n) is 7.87.